The van der Waals surface area contributed by atoms with Gasteiger partial charge in [0.15, 0.2) is 11.5 Å². The van der Waals surface area contributed by atoms with Gasteiger partial charge in [0.1, 0.15) is 0 Å². The summed E-state index contributed by atoms with van der Waals surface area (Å²) in [4.78, 5) is 28.0. The van der Waals surface area contributed by atoms with E-state index in [1.807, 2.05) is 0 Å². The minimum absolute atomic E-state index is 0.250. The zero-order valence-electron chi connectivity index (χ0n) is 15.2. The molecule has 2 amide bonds. The fraction of sp³-hybridized carbons (Fsp3) is 0.222. The topological polar surface area (TPSA) is 111 Å². The fourth-order valence-electron chi connectivity index (χ4n) is 2.15. The Morgan fingerprint density at radius 3 is 2.41 bits per heavy atom. The number of pyridine rings is 1. The molecule has 0 radical (unpaired) electrons. The van der Waals surface area contributed by atoms with Crippen molar-refractivity contribution >= 4 is 18.0 Å². The van der Waals surface area contributed by atoms with Crippen LogP contribution in [0.25, 0.3) is 0 Å². The quantitative estimate of drug-likeness (QED) is 0.528. The van der Waals surface area contributed by atoms with Crippen molar-refractivity contribution in [3.05, 3.63) is 47.8 Å². The molecule has 0 bridgehead atoms. The Balaban J connectivity index is 1.95. The first-order chi connectivity index (χ1) is 13.1. The number of amides is 2. The number of methoxy groups -OCH3 is 3. The molecule has 0 aliphatic rings. The lowest BCUT2D eigenvalue weighted by molar-refractivity contribution is -0.120. The predicted octanol–water partition coefficient (Wildman–Crippen LogP) is 0.987. The molecule has 9 nitrogen and oxygen atoms in total. The molecule has 2 N–H and O–H groups in total. The third kappa shape index (κ3) is 5.43. The number of carbonyl (C=O) groups is 2. The van der Waals surface area contributed by atoms with Gasteiger partial charge in [0.2, 0.25) is 5.75 Å². The van der Waals surface area contributed by atoms with Gasteiger partial charge >= 0.3 is 0 Å². The third-order valence-electron chi connectivity index (χ3n) is 3.42. The fourth-order valence-corrected chi connectivity index (χ4v) is 2.15. The average Bonchev–Trinajstić information content (AvgIpc) is 2.71. The van der Waals surface area contributed by atoms with Crippen molar-refractivity contribution in [2.75, 3.05) is 27.9 Å². The van der Waals surface area contributed by atoms with Crippen LogP contribution < -0.4 is 25.0 Å². The van der Waals surface area contributed by atoms with E-state index >= 15 is 0 Å². The van der Waals surface area contributed by atoms with Crippen molar-refractivity contribution in [1.29, 1.82) is 0 Å². The van der Waals surface area contributed by atoms with Crippen molar-refractivity contribution in [2.45, 2.75) is 0 Å². The molecule has 0 saturated carbocycles. The van der Waals surface area contributed by atoms with Crippen molar-refractivity contribution in [2.24, 2.45) is 5.10 Å². The zero-order valence-corrected chi connectivity index (χ0v) is 15.2. The number of nitrogens with zero attached hydrogens (tertiary/aromatic N) is 2. The van der Waals surface area contributed by atoms with Gasteiger partial charge in [-0.3, -0.25) is 14.6 Å². The molecule has 0 saturated heterocycles. The van der Waals surface area contributed by atoms with Crippen molar-refractivity contribution in [3.63, 3.8) is 0 Å². The smallest absolute Gasteiger partial charge is 0.259 e. The van der Waals surface area contributed by atoms with Crippen LogP contribution in [0.1, 0.15) is 15.9 Å². The van der Waals surface area contributed by atoms with Crippen LogP contribution in [-0.2, 0) is 4.79 Å². The lowest BCUT2D eigenvalue weighted by Gasteiger charge is -2.14. The van der Waals surface area contributed by atoms with E-state index in [-0.39, 0.29) is 12.1 Å². The summed E-state index contributed by atoms with van der Waals surface area (Å²) in [7, 11) is 4.37. The Kier molecular flexibility index (Phi) is 7.12. The Labute approximate surface area is 156 Å². The Bertz CT molecular complexity index is 799. The highest BCUT2D eigenvalue weighted by Gasteiger charge is 2.17. The van der Waals surface area contributed by atoms with E-state index in [0.717, 1.165) is 5.56 Å². The summed E-state index contributed by atoms with van der Waals surface area (Å²) in [6, 6.07) is 6.53. The number of benzene rings is 1. The maximum absolute atomic E-state index is 12.3. The number of nitrogens with one attached hydrogen (secondary N) is 2. The molecule has 1 heterocycles. The maximum atomic E-state index is 12.3. The number of hydrazone groups is 1. The Hall–Kier alpha value is -3.62. The lowest BCUT2D eigenvalue weighted by atomic mass is 10.1. The molecule has 0 unspecified atom stereocenters. The second-order valence-corrected chi connectivity index (χ2v) is 5.18. The largest absolute Gasteiger partial charge is 0.493 e. The van der Waals surface area contributed by atoms with Gasteiger partial charge in [-0.25, -0.2) is 5.43 Å². The lowest BCUT2D eigenvalue weighted by Crippen LogP contribution is -2.34. The van der Waals surface area contributed by atoms with Crippen LogP contribution in [-0.4, -0.2) is 50.9 Å². The number of hydrogen-bond acceptors (Lipinski definition) is 7. The number of ether oxygens (including phenoxy) is 3. The van der Waals surface area contributed by atoms with E-state index < -0.39 is 11.8 Å². The Morgan fingerprint density at radius 2 is 1.85 bits per heavy atom. The summed E-state index contributed by atoms with van der Waals surface area (Å²) >= 11 is 0. The summed E-state index contributed by atoms with van der Waals surface area (Å²) in [5.74, 6) is 0.107. The first kappa shape index (κ1) is 19.7. The molecule has 27 heavy (non-hydrogen) atoms. The van der Waals surface area contributed by atoms with Crippen LogP contribution in [0, 0.1) is 0 Å². The molecule has 142 valence electrons. The van der Waals surface area contributed by atoms with Crippen LogP contribution in [0.5, 0.6) is 17.2 Å². The van der Waals surface area contributed by atoms with E-state index in [0.29, 0.717) is 17.2 Å². The van der Waals surface area contributed by atoms with Crippen LogP contribution >= 0.6 is 0 Å². The highest BCUT2D eigenvalue weighted by Crippen LogP contribution is 2.38. The summed E-state index contributed by atoms with van der Waals surface area (Å²) in [6.45, 7) is -0.250. The predicted molar refractivity (Wildman–Crippen MR) is 98.4 cm³/mol. The number of carbonyl (C=O) groups excluding carboxylic acids is 2. The van der Waals surface area contributed by atoms with Crippen LogP contribution in [0.4, 0.5) is 0 Å². The molecule has 2 aromatic rings. The van der Waals surface area contributed by atoms with Gasteiger partial charge in [-0.1, -0.05) is 6.07 Å². The van der Waals surface area contributed by atoms with Gasteiger partial charge in [-0.15, -0.1) is 0 Å². The highest BCUT2D eigenvalue weighted by atomic mass is 16.5. The first-order valence-electron chi connectivity index (χ1n) is 7.89. The molecular weight excluding hydrogens is 352 g/mol. The highest BCUT2D eigenvalue weighted by molar-refractivity contribution is 5.97. The van der Waals surface area contributed by atoms with Gasteiger partial charge in [0, 0.05) is 23.5 Å². The molecule has 1 aromatic carbocycles. The summed E-state index contributed by atoms with van der Waals surface area (Å²) < 4.78 is 15.6. The molecule has 2 rings (SSSR count). The SMILES string of the molecule is COc1cc(C(=O)NCC(=O)N/N=C\c2cccnc2)cc(OC)c1OC. The van der Waals surface area contributed by atoms with E-state index in [4.69, 9.17) is 14.2 Å². The van der Waals surface area contributed by atoms with E-state index in [9.17, 15) is 9.59 Å². The van der Waals surface area contributed by atoms with E-state index in [1.165, 1.54) is 39.7 Å². The standard InChI is InChI=1S/C18H20N4O5/c1-25-14-7-13(8-15(26-2)17(14)27-3)18(24)20-11-16(23)22-21-10-12-5-4-6-19-9-12/h4-10H,11H2,1-3H3,(H,20,24)(H,22,23)/b21-10-. The van der Waals surface area contributed by atoms with Gasteiger partial charge in [-0.05, 0) is 18.2 Å². The van der Waals surface area contributed by atoms with Crippen molar-refractivity contribution < 1.29 is 23.8 Å². The first-order valence-corrected chi connectivity index (χ1v) is 7.89. The number of aromatic nitrogens is 1. The van der Waals surface area contributed by atoms with E-state index in [1.54, 1.807) is 24.5 Å². The number of rotatable bonds is 8. The van der Waals surface area contributed by atoms with Gasteiger partial charge < -0.3 is 19.5 Å². The minimum Gasteiger partial charge on any atom is -0.493 e. The second-order valence-electron chi connectivity index (χ2n) is 5.18. The molecule has 1 aromatic heterocycles. The van der Waals surface area contributed by atoms with Crippen molar-refractivity contribution in [1.82, 2.24) is 15.7 Å². The summed E-state index contributed by atoms with van der Waals surface area (Å²) in [6.07, 6.45) is 4.68. The monoisotopic (exact) mass is 372 g/mol. The van der Waals surface area contributed by atoms with Crippen LogP contribution in [0.2, 0.25) is 0 Å². The molecule has 9 heteroatoms. The van der Waals surface area contributed by atoms with Crippen LogP contribution in [0.3, 0.4) is 0 Å². The Morgan fingerprint density at radius 1 is 1.15 bits per heavy atom. The molecular formula is C18H20N4O5. The second kappa shape index (κ2) is 9.76. The summed E-state index contributed by atoms with van der Waals surface area (Å²) in [5.41, 5.74) is 3.32. The normalized spacial score (nSPS) is 10.3. The molecule has 0 fully saturated rings. The number of hydrogen-bond donors (Lipinski definition) is 2. The molecule has 0 aliphatic carbocycles. The van der Waals surface area contributed by atoms with Gasteiger partial charge in [0.25, 0.3) is 11.8 Å². The third-order valence-corrected chi connectivity index (χ3v) is 3.42. The molecule has 0 spiro atoms. The molecule has 0 atom stereocenters. The molecule has 0 aliphatic heterocycles. The van der Waals surface area contributed by atoms with Crippen molar-refractivity contribution in [3.8, 4) is 17.2 Å². The van der Waals surface area contributed by atoms with Gasteiger partial charge in [-0.2, -0.15) is 5.10 Å². The average molecular weight is 372 g/mol. The maximum Gasteiger partial charge on any atom is 0.259 e. The van der Waals surface area contributed by atoms with Gasteiger partial charge in [0.05, 0.1) is 34.1 Å². The minimum atomic E-state index is -0.476. The zero-order chi connectivity index (χ0) is 19.6. The van der Waals surface area contributed by atoms with Crippen LogP contribution in [0.15, 0.2) is 41.8 Å². The van der Waals surface area contributed by atoms with E-state index in [2.05, 4.69) is 20.8 Å². The summed E-state index contributed by atoms with van der Waals surface area (Å²) in [5, 5.41) is 6.30.